The molecular formula is C28H20F4O. The highest BCUT2D eigenvalue weighted by Crippen LogP contribution is 2.21. The van der Waals surface area contributed by atoms with E-state index in [9.17, 15) is 17.6 Å². The number of ether oxygens (including phenoxy) is 1. The third-order valence-corrected chi connectivity index (χ3v) is 5.27. The summed E-state index contributed by atoms with van der Waals surface area (Å²) in [5.41, 5.74) is 2.05. The molecule has 1 nitrogen and oxygen atoms in total. The summed E-state index contributed by atoms with van der Waals surface area (Å²) in [5, 5.41) is 1.07. The molecule has 166 valence electrons. The topological polar surface area (TPSA) is 9.23 Å². The molecule has 5 heteroatoms. The minimum Gasteiger partial charge on any atom is -0.494 e. The van der Waals surface area contributed by atoms with E-state index in [-0.39, 0.29) is 11.4 Å². The van der Waals surface area contributed by atoms with Gasteiger partial charge in [0.1, 0.15) is 17.4 Å². The molecule has 0 atom stereocenters. The van der Waals surface area contributed by atoms with Gasteiger partial charge in [-0.15, -0.1) is 0 Å². The summed E-state index contributed by atoms with van der Waals surface area (Å²) in [7, 11) is 0. The monoisotopic (exact) mass is 448 g/mol. The second kappa shape index (κ2) is 9.79. The number of halogens is 4. The SMILES string of the molecule is CCOc1ccc(CCc2ccc(C#Cc3ccc4cc(F)c(F)cc4c3)c(F)c2)c(F)c1. The van der Waals surface area contributed by atoms with Crippen LogP contribution in [0.15, 0.2) is 66.7 Å². The Kier molecular flexibility index (Phi) is 6.65. The molecule has 0 fully saturated rings. The van der Waals surface area contributed by atoms with Crippen LogP contribution >= 0.6 is 0 Å². The van der Waals surface area contributed by atoms with Crippen LogP contribution in [-0.4, -0.2) is 6.61 Å². The smallest absolute Gasteiger partial charge is 0.159 e. The second-order valence-corrected chi connectivity index (χ2v) is 7.58. The Balaban J connectivity index is 1.47. The Labute approximate surface area is 189 Å². The minimum absolute atomic E-state index is 0.219. The molecule has 0 aliphatic carbocycles. The van der Waals surface area contributed by atoms with E-state index >= 15 is 0 Å². The summed E-state index contributed by atoms with van der Waals surface area (Å²) in [6, 6.07) is 16.7. The summed E-state index contributed by atoms with van der Waals surface area (Å²) < 4.78 is 60.9. The van der Waals surface area contributed by atoms with Gasteiger partial charge in [-0.2, -0.15) is 0 Å². The van der Waals surface area contributed by atoms with E-state index in [0.717, 1.165) is 17.7 Å². The highest BCUT2D eigenvalue weighted by molar-refractivity contribution is 5.84. The molecule has 33 heavy (non-hydrogen) atoms. The van der Waals surface area contributed by atoms with E-state index in [4.69, 9.17) is 4.74 Å². The molecule has 0 heterocycles. The molecule has 0 saturated carbocycles. The molecule has 0 spiro atoms. The first-order valence-corrected chi connectivity index (χ1v) is 10.5. The average molecular weight is 448 g/mol. The molecule has 4 aromatic rings. The van der Waals surface area contributed by atoms with Crippen molar-refractivity contribution in [3.05, 3.63) is 112 Å². The maximum Gasteiger partial charge on any atom is 0.159 e. The van der Waals surface area contributed by atoms with Crippen molar-refractivity contribution in [3.8, 4) is 17.6 Å². The van der Waals surface area contributed by atoms with Gasteiger partial charge in [0.15, 0.2) is 11.6 Å². The van der Waals surface area contributed by atoms with Gasteiger partial charge in [0.05, 0.1) is 12.2 Å². The zero-order chi connectivity index (χ0) is 23.4. The minimum atomic E-state index is -0.931. The first-order valence-electron chi connectivity index (χ1n) is 10.5. The van der Waals surface area contributed by atoms with Crippen LogP contribution in [0.2, 0.25) is 0 Å². The first-order chi connectivity index (χ1) is 15.9. The van der Waals surface area contributed by atoms with E-state index < -0.39 is 17.5 Å². The Hall–Kier alpha value is -3.78. The van der Waals surface area contributed by atoms with Crippen LogP contribution < -0.4 is 4.74 Å². The van der Waals surface area contributed by atoms with Crippen molar-refractivity contribution in [1.29, 1.82) is 0 Å². The highest BCUT2D eigenvalue weighted by atomic mass is 19.2. The summed E-state index contributed by atoms with van der Waals surface area (Å²) >= 11 is 0. The Morgan fingerprint density at radius 1 is 0.667 bits per heavy atom. The molecule has 0 aromatic heterocycles. The molecule has 0 amide bonds. The number of benzene rings is 4. The van der Waals surface area contributed by atoms with Gasteiger partial charge < -0.3 is 4.74 Å². The highest BCUT2D eigenvalue weighted by Gasteiger charge is 2.07. The van der Waals surface area contributed by atoms with Crippen LogP contribution in [0.3, 0.4) is 0 Å². The summed E-state index contributed by atoms with van der Waals surface area (Å²) in [4.78, 5) is 0. The van der Waals surface area contributed by atoms with Gasteiger partial charge in [-0.25, -0.2) is 17.6 Å². The van der Waals surface area contributed by atoms with Crippen LogP contribution in [-0.2, 0) is 12.8 Å². The fourth-order valence-electron chi connectivity index (χ4n) is 3.54. The van der Waals surface area contributed by atoms with E-state index in [1.807, 2.05) is 6.92 Å². The number of hydrogen-bond donors (Lipinski definition) is 0. The van der Waals surface area contributed by atoms with Crippen LogP contribution in [0.25, 0.3) is 10.8 Å². The van der Waals surface area contributed by atoms with Crippen LogP contribution in [0.1, 0.15) is 29.2 Å². The van der Waals surface area contributed by atoms with Gasteiger partial charge in [-0.3, -0.25) is 0 Å². The Bertz CT molecular complexity index is 1380. The number of fused-ring (bicyclic) bond motifs is 1. The Morgan fingerprint density at radius 2 is 1.45 bits per heavy atom. The van der Waals surface area contributed by atoms with Crippen LogP contribution in [0.5, 0.6) is 5.75 Å². The summed E-state index contributed by atoms with van der Waals surface area (Å²) in [6.45, 7) is 2.30. The molecule has 0 radical (unpaired) electrons. The summed E-state index contributed by atoms with van der Waals surface area (Å²) in [6.07, 6.45) is 0.902. The van der Waals surface area contributed by atoms with E-state index in [1.165, 1.54) is 12.1 Å². The van der Waals surface area contributed by atoms with E-state index in [2.05, 4.69) is 11.8 Å². The predicted octanol–water partition coefficient (Wildman–Crippen LogP) is 6.98. The lowest BCUT2D eigenvalue weighted by molar-refractivity contribution is 0.338. The number of aryl methyl sites for hydroxylation is 2. The third-order valence-electron chi connectivity index (χ3n) is 5.27. The van der Waals surface area contributed by atoms with Crippen molar-refractivity contribution >= 4 is 10.8 Å². The van der Waals surface area contributed by atoms with Gasteiger partial charge >= 0.3 is 0 Å². The van der Waals surface area contributed by atoms with Crippen molar-refractivity contribution in [2.45, 2.75) is 19.8 Å². The zero-order valence-electron chi connectivity index (χ0n) is 17.9. The predicted molar refractivity (Wildman–Crippen MR) is 121 cm³/mol. The lowest BCUT2D eigenvalue weighted by Gasteiger charge is -2.07. The van der Waals surface area contributed by atoms with Gasteiger partial charge in [0.2, 0.25) is 0 Å². The fourth-order valence-corrected chi connectivity index (χ4v) is 3.54. The van der Waals surface area contributed by atoms with Gasteiger partial charge in [0.25, 0.3) is 0 Å². The fraction of sp³-hybridized carbons (Fsp3) is 0.143. The standard InChI is InChI=1S/C28H20F4O/c1-2-33-24-12-11-21(26(30)17-24)9-5-19-4-8-20(25(29)14-19)7-3-18-6-10-22-15-27(31)28(32)16-23(22)13-18/h4,6,8,10-17H,2,5,9H2,1H3. The van der Waals surface area contributed by atoms with E-state index in [1.54, 1.807) is 42.5 Å². The maximum absolute atomic E-state index is 14.6. The normalized spacial score (nSPS) is 10.7. The molecule has 0 aliphatic rings. The quantitative estimate of drug-likeness (QED) is 0.236. The molecule has 0 bridgehead atoms. The third kappa shape index (κ3) is 5.35. The Morgan fingerprint density at radius 3 is 2.18 bits per heavy atom. The van der Waals surface area contributed by atoms with Crippen molar-refractivity contribution < 1.29 is 22.3 Å². The molecular weight excluding hydrogens is 428 g/mol. The van der Waals surface area contributed by atoms with Gasteiger partial charge in [0, 0.05) is 11.6 Å². The molecule has 0 saturated heterocycles. The largest absolute Gasteiger partial charge is 0.494 e. The average Bonchev–Trinajstić information content (AvgIpc) is 2.79. The van der Waals surface area contributed by atoms with Crippen molar-refractivity contribution in [2.75, 3.05) is 6.61 Å². The number of rotatable bonds is 5. The second-order valence-electron chi connectivity index (χ2n) is 7.58. The van der Waals surface area contributed by atoms with Crippen molar-refractivity contribution in [3.63, 3.8) is 0 Å². The summed E-state index contributed by atoms with van der Waals surface area (Å²) in [5.74, 6) is 3.47. The molecule has 4 aromatic carbocycles. The lowest BCUT2D eigenvalue weighted by Crippen LogP contribution is -1.98. The van der Waals surface area contributed by atoms with Crippen molar-refractivity contribution in [2.24, 2.45) is 0 Å². The maximum atomic E-state index is 14.6. The molecule has 0 aliphatic heterocycles. The van der Waals surface area contributed by atoms with Gasteiger partial charge in [-0.05, 0) is 84.1 Å². The molecule has 4 rings (SSSR count). The molecule has 0 N–H and O–H groups in total. The van der Waals surface area contributed by atoms with Crippen molar-refractivity contribution in [1.82, 2.24) is 0 Å². The molecule has 0 unspecified atom stereocenters. The lowest BCUT2D eigenvalue weighted by atomic mass is 10.0. The van der Waals surface area contributed by atoms with Gasteiger partial charge in [-0.1, -0.05) is 30.0 Å². The first kappa shape index (κ1) is 22.4. The zero-order valence-corrected chi connectivity index (χ0v) is 17.9. The van der Waals surface area contributed by atoms with E-state index in [0.29, 0.717) is 47.1 Å². The van der Waals surface area contributed by atoms with Crippen LogP contribution in [0.4, 0.5) is 17.6 Å². The number of hydrogen-bond acceptors (Lipinski definition) is 1. The van der Waals surface area contributed by atoms with Crippen LogP contribution in [0, 0.1) is 35.1 Å².